The van der Waals surface area contributed by atoms with Crippen molar-refractivity contribution in [2.24, 2.45) is 5.41 Å². The molecule has 1 N–H and O–H groups in total. The molecule has 2 aliphatic heterocycles. The molecule has 0 amide bonds. The van der Waals surface area contributed by atoms with E-state index in [1.807, 2.05) is 13.8 Å². The third-order valence-electron chi connectivity index (χ3n) is 4.38. The van der Waals surface area contributed by atoms with Gasteiger partial charge < -0.3 is 19.3 Å². The number of hydrogen-bond donors (Lipinski definition) is 1. The standard InChI is InChI=1S/C14H24O5/c1-4-7-14(3,5-2)13(16)19-11-10-9(6-8-17-10)18-12(11)15/h9-11,13,16H,4-8H2,1-3H3. The highest BCUT2D eigenvalue weighted by Gasteiger charge is 2.51. The van der Waals surface area contributed by atoms with Crippen LogP contribution >= 0.6 is 0 Å². The Hall–Kier alpha value is -0.650. The van der Waals surface area contributed by atoms with E-state index in [0.717, 1.165) is 19.3 Å². The fourth-order valence-electron chi connectivity index (χ4n) is 2.83. The third kappa shape index (κ3) is 2.78. The first kappa shape index (κ1) is 14.8. The molecule has 0 aromatic carbocycles. The van der Waals surface area contributed by atoms with Gasteiger partial charge in [-0.2, -0.15) is 0 Å². The van der Waals surface area contributed by atoms with Crippen LogP contribution in [0.15, 0.2) is 0 Å². The van der Waals surface area contributed by atoms with Crippen LogP contribution in [-0.2, 0) is 19.0 Å². The molecule has 0 spiro atoms. The number of carbonyl (C=O) groups excluding carboxylic acids is 1. The number of fused-ring (bicyclic) bond motifs is 1. The number of hydrogen-bond acceptors (Lipinski definition) is 5. The van der Waals surface area contributed by atoms with Gasteiger partial charge in [0.15, 0.2) is 12.4 Å². The van der Waals surface area contributed by atoms with Gasteiger partial charge in [-0.15, -0.1) is 0 Å². The van der Waals surface area contributed by atoms with Gasteiger partial charge in [0.1, 0.15) is 12.2 Å². The van der Waals surface area contributed by atoms with Crippen molar-refractivity contribution in [2.45, 2.75) is 71.1 Å². The van der Waals surface area contributed by atoms with E-state index in [0.29, 0.717) is 13.0 Å². The highest BCUT2D eigenvalue weighted by molar-refractivity contribution is 5.78. The molecule has 5 heteroatoms. The Morgan fingerprint density at radius 2 is 2.26 bits per heavy atom. The Balaban J connectivity index is 2.01. The smallest absolute Gasteiger partial charge is 0.338 e. The molecule has 0 bridgehead atoms. The summed E-state index contributed by atoms with van der Waals surface area (Å²) >= 11 is 0. The predicted octanol–water partition coefficient (Wildman–Crippen LogP) is 1.62. The van der Waals surface area contributed by atoms with Crippen LogP contribution in [0, 0.1) is 5.41 Å². The van der Waals surface area contributed by atoms with Crippen LogP contribution in [0.2, 0.25) is 0 Å². The summed E-state index contributed by atoms with van der Waals surface area (Å²) in [5.41, 5.74) is -0.342. The Bertz CT molecular complexity index is 332. The number of ether oxygens (including phenoxy) is 3. The van der Waals surface area contributed by atoms with Gasteiger partial charge in [0, 0.05) is 11.8 Å². The zero-order valence-electron chi connectivity index (χ0n) is 11.9. The fraction of sp³-hybridized carbons (Fsp3) is 0.929. The van der Waals surface area contributed by atoms with Crippen molar-refractivity contribution in [3.8, 4) is 0 Å². The van der Waals surface area contributed by atoms with E-state index in [4.69, 9.17) is 14.2 Å². The van der Waals surface area contributed by atoms with Crippen molar-refractivity contribution in [3.63, 3.8) is 0 Å². The summed E-state index contributed by atoms with van der Waals surface area (Å²) in [5, 5.41) is 10.3. The summed E-state index contributed by atoms with van der Waals surface area (Å²) in [4.78, 5) is 11.8. The van der Waals surface area contributed by atoms with Crippen LogP contribution in [0.4, 0.5) is 0 Å². The predicted molar refractivity (Wildman–Crippen MR) is 68.4 cm³/mol. The lowest BCUT2D eigenvalue weighted by Crippen LogP contribution is -2.42. The minimum Gasteiger partial charge on any atom is -0.457 e. The average molecular weight is 272 g/mol. The van der Waals surface area contributed by atoms with Crippen LogP contribution < -0.4 is 0 Å². The van der Waals surface area contributed by atoms with Crippen molar-refractivity contribution in [2.75, 3.05) is 6.61 Å². The van der Waals surface area contributed by atoms with E-state index >= 15 is 0 Å². The third-order valence-corrected chi connectivity index (χ3v) is 4.38. The second kappa shape index (κ2) is 5.77. The SMILES string of the molecule is CCCC(C)(CC)C(O)OC1C(=O)OC2CCOC21. The van der Waals surface area contributed by atoms with E-state index < -0.39 is 18.4 Å². The minimum atomic E-state index is -0.974. The van der Waals surface area contributed by atoms with Gasteiger partial charge in [0.05, 0.1) is 6.61 Å². The molecule has 5 atom stereocenters. The van der Waals surface area contributed by atoms with Crippen LogP contribution in [0.5, 0.6) is 0 Å². The van der Waals surface area contributed by atoms with E-state index in [2.05, 4.69) is 6.92 Å². The molecule has 5 nitrogen and oxygen atoms in total. The molecular formula is C14H24O5. The van der Waals surface area contributed by atoms with Gasteiger partial charge in [-0.05, 0) is 12.8 Å². The van der Waals surface area contributed by atoms with E-state index in [-0.39, 0.29) is 17.6 Å². The molecule has 0 aliphatic carbocycles. The molecule has 110 valence electrons. The molecule has 2 fully saturated rings. The Morgan fingerprint density at radius 1 is 1.53 bits per heavy atom. The van der Waals surface area contributed by atoms with Crippen LogP contribution in [0.25, 0.3) is 0 Å². The summed E-state index contributed by atoms with van der Waals surface area (Å²) in [6, 6.07) is 0. The first-order valence-corrected chi connectivity index (χ1v) is 7.17. The fourth-order valence-corrected chi connectivity index (χ4v) is 2.83. The molecule has 2 rings (SSSR count). The normalized spacial score (nSPS) is 34.7. The first-order chi connectivity index (χ1) is 9.01. The largest absolute Gasteiger partial charge is 0.457 e. The van der Waals surface area contributed by atoms with Crippen molar-refractivity contribution in [1.82, 2.24) is 0 Å². The lowest BCUT2D eigenvalue weighted by atomic mass is 9.82. The summed E-state index contributed by atoms with van der Waals surface area (Å²) < 4.78 is 16.3. The number of aliphatic hydroxyl groups is 1. The first-order valence-electron chi connectivity index (χ1n) is 7.17. The van der Waals surface area contributed by atoms with Gasteiger partial charge in [-0.25, -0.2) is 4.79 Å². The zero-order valence-corrected chi connectivity index (χ0v) is 11.9. The Morgan fingerprint density at radius 3 is 2.89 bits per heavy atom. The molecule has 0 radical (unpaired) electrons. The maximum atomic E-state index is 11.8. The van der Waals surface area contributed by atoms with E-state index in [9.17, 15) is 9.90 Å². The van der Waals surface area contributed by atoms with Crippen molar-refractivity contribution in [1.29, 1.82) is 0 Å². The lowest BCUT2D eigenvalue weighted by molar-refractivity contribution is -0.214. The molecule has 2 saturated heterocycles. The van der Waals surface area contributed by atoms with Gasteiger partial charge in [0.25, 0.3) is 0 Å². The van der Waals surface area contributed by atoms with Gasteiger partial charge in [-0.1, -0.05) is 27.2 Å². The van der Waals surface area contributed by atoms with Crippen molar-refractivity contribution >= 4 is 5.97 Å². The monoisotopic (exact) mass is 272 g/mol. The zero-order chi connectivity index (χ0) is 14.0. The highest BCUT2D eigenvalue weighted by Crippen LogP contribution is 2.36. The van der Waals surface area contributed by atoms with Gasteiger partial charge >= 0.3 is 5.97 Å². The van der Waals surface area contributed by atoms with Gasteiger partial charge in [0.2, 0.25) is 0 Å². The molecular weight excluding hydrogens is 248 g/mol. The van der Waals surface area contributed by atoms with Crippen molar-refractivity contribution in [3.05, 3.63) is 0 Å². The summed E-state index contributed by atoms with van der Waals surface area (Å²) in [5.74, 6) is -0.413. The molecule has 2 aliphatic rings. The maximum Gasteiger partial charge on any atom is 0.338 e. The van der Waals surface area contributed by atoms with Crippen molar-refractivity contribution < 1.29 is 24.1 Å². The van der Waals surface area contributed by atoms with Gasteiger partial charge in [-0.3, -0.25) is 0 Å². The van der Waals surface area contributed by atoms with E-state index in [1.54, 1.807) is 0 Å². The average Bonchev–Trinajstić information content (AvgIpc) is 2.93. The molecule has 0 aromatic rings. The number of aliphatic hydroxyl groups excluding tert-OH is 1. The van der Waals surface area contributed by atoms with Crippen LogP contribution in [0.1, 0.15) is 46.5 Å². The number of esters is 1. The number of carbonyl (C=O) groups is 1. The van der Waals surface area contributed by atoms with E-state index in [1.165, 1.54) is 0 Å². The summed E-state index contributed by atoms with van der Waals surface area (Å²) in [6.07, 6.45) is 0.992. The topological polar surface area (TPSA) is 65.0 Å². The lowest BCUT2D eigenvalue weighted by Gasteiger charge is -2.34. The minimum absolute atomic E-state index is 0.205. The highest BCUT2D eigenvalue weighted by atomic mass is 16.7. The molecule has 5 unspecified atom stereocenters. The molecule has 0 aromatic heterocycles. The summed E-state index contributed by atoms with van der Waals surface area (Å²) in [7, 11) is 0. The second-order valence-corrected chi connectivity index (χ2v) is 5.77. The molecule has 2 heterocycles. The Kier molecular flexibility index (Phi) is 4.48. The van der Waals surface area contributed by atoms with Crippen LogP contribution in [-0.4, -0.2) is 42.3 Å². The number of rotatable bonds is 6. The Labute approximate surface area is 114 Å². The molecule has 0 saturated carbocycles. The second-order valence-electron chi connectivity index (χ2n) is 5.77. The maximum absolute atomic E-state index is 11.8. The van der Waals surface area contributed by atoms with Crippen LogP contribution in [0.3, 0.4) is 0 Å². The molecule has 19 heavy (non-hydrogen) atoms. The summed E-state index contributed by atoms with van der Waals surface area (Å²) in [6.45, 7) is 6.65. The quantitative estimate of drug-likeness (QED) is 0.588.